The van der Waals surface area contributed by atoms with Crippen LogP contribution in [0.3, 0.4) is 0 Å². The third kappa shape index (κ3) is 7.08. The van der Waals surface area contributed by atoms with Crippen LogP contribution in [-0.4, -0.2) is 40.1 Å². The van der Waals surface area contributed by atoms with Crippen LogP contribution in [0.2, 0.25) is 0 Å². The first-order valence-electron chi connectivity index (χ1n) is 16.5. The Morgan fingerprint density at radius 3 is 1.35 bits per heavy atom. The molecule has 3 aliphatic rings. The van der Waals surface area contributed by atoms with Gasteiger partial charge in [-0.05, 0) is 45.1 Å². The van der Waals surface area contributed by atoms with Gasteiger partial charge in [-0.2, -0.15) is 97.7 Å². The Kier molecular flexibility index (Phi) is 10.4. The van der Waals surface area contributed by atoms with E-state index in [1.165, 1.54) is 11.4 Å². The minimum Gasteiger partial charge on any atom is -0.504 e. The molecule has 0 N–H and O–H groups in total. The fourth-order valence-electron chi connectivity index (χ4n) is 6.19. The molecule has 5 heterocycles. The molecule has 0 saturated carbocycles. The van der Waals surface area contributed by atoms with Gasteiger partial charge in [-0.1, -0.05) is 12.1 Å². The molecule has 1 radical (unpaired) electrons. The van der Waals surface area contributed by atoms with Crippen molar-refractivity contribution in [3.8, 4) is 0 Å². The number of fused-ring (bicyclic) bond motifs is 3. The zero-order valence-corrected chi connectivity index (χ0v) is 30.3. The van der Waals surface area contributed by atoms with E-state index in [1.54, 1.807) is 24.8 Å². The summed E-state index contributed by atoms with van der Waals surface area (Å²) in [6.45, 7) is 7.88. The van der Waals surface area contributed by atoms with Crippen LogP contribution in [0.4, 0.5) is 51.7 Å². The Morgan fingerprint density at radius 2 is 0.902 bits per heavy atom. The number of rotatable bonds is 8. The van der Waals surface area contributed by atoms with Crippen molar-refractivity contribution in [3.63, 3.8) is 0 Å². The molecule has 0 unspecified atom stereocenters. The summed E-state index contributed by atoms with van der Waals surface area (Å²) in [4.78, 5) is 30.9. The molecule has 259 valence electrons. The van der Waals surface area contributed by atoms with Gasteiger partial charge in [0.15, 0.2) is 0 Å². The summed E-state index contributed by atoms with van der Waals surface area (Å²) in [5.74, 6) is 3.40. The Balaban J connectivity index is 0.000000200. The number of hydrogen-bond donors (Lipinski definition) is 0. The van der Waals surface area contributed by atoms with Gasteiger partial charge in [0.1, 0.15) is 23.3 Å². The average Bonchev–Trinajstić information content (AvgIpc) is 3.86. The second-order valence-electron chi connectivity index (χ2n) is 11.8. The van der Waals surface area contributed by atoms with Crippen LogP contribution in [-0.2, 0) is 20.1 Å². The number of benzene rings is 4. The van der Waals surface area contributed by atoms with Gasteiger partial charge in [0.2, 0.25) is 0 Å². The molecule has 0 atom stereocenters. The van der Waals surface area contributed by atoms with E-state index >= 15 is 0 Å². The normalized spacial score (nSPS) is 14.1. The van der Waals surface area contributed by atoms with E-state index in [2.05, 4.69) is 115 Å². The van der Waals surface area contributed by atoms with Crippen LogP contribution in [0.5, 0.6) is 0 Å². The molecule has 10 nitrogen and oxygen atoms in total. The van der Waals surface area contributed by atoms with Crippen LogP contribution < -0.4 is 29.4 Å². The molecule has 0 fully saturated rings. The molecule has 0 spiro atoms. The van der Waals surface area contributed by atoms with Gasteiger partial charge in [-0.3, -0.25) is 0 Å². The topological polar surface area (TPSA) is 71.0 Å². The van der Waals surface area contributed by atoms with Crippen molar-refractivity contribution in [1.29, 1.82) is 0 Å². The molecule has 0 saturated heterocycles. The summed E-state index contributed by atoms with van der Waals surface area (Å²) in [5, 5.41) is 0. The summed E-state index contributed by atoms with van der Waals surface area (Å²) < 4.78 is 0. The Labute approximate surface area is 313 Å². The monoisotopic (exact) mass is 847 g/mol. The molecule has 9 rings (SSSR count). The van der Waals surface area contributed by atoms with Crippen molar-refractivity contribution < 1.29 is 20.1 Å². The van der Waals surface area contributed by atoms with E-state index in [1.807, 2.05) is 76.5 Å². The van der Waals surface area contributed by atoms with Crippen molar-refractivity contribution in [3.05, 3.63) is 160 Å². The molecule has 6 aromatic rings. The van der Waals surface area contributed by atoms with Gasteiger partial charge < -0.3 is 29.4 Å². The van der Waals surface area contributed by atoms with E-state index in [0.29, 0.717) is 0 Å². The van der Waals surface area contributed by atoms with Crippen LogP contribution in [0, 0.1) is 38.2 Å². The predicted molar refractivity (Wildman–Crippen MR) is 198 cm³/mol. The standard InChI is InChI=1S/C26H22N8.C14H12N2.Ir/c1-3-9-21(10-4-1)33-19-31(23-25(33)29-15-13-27-23)17-7-8-18-32-20-34(22-11-5-2-6-12-22)26-24(32)28-14-16-30-26;1-15-11-16(12-7-3-2-4-8-12)14-10-6-5-9-13(14)15;/h1-6,9,11,13-16,19-20H,7-8,17-18H2;2-7,9-11H,1H3;/q-4;-2;. The molecule has 51 heavy (non-hydrogen) atoms. The zero-order valence-electron chi connectivity index (χ0n) is 27.9. The minimum atomic E-state index is 0. The maximum Gasteiger partial charge on any atom is 0.143 e. The molecule has 0 aliphatic carbocycles. The largest absolute Gasteiger partial charge is 0.504 e. The summed E-state index contributed by atoms with van der Waals surface area (Å²) in [6, 6.07) is 41.9. The predicted octanol–water partition coefficient (Wildman–Crippen LogP) is 7.69. The first-order chi connectivity index (χ1) is 24.7. The Bertz CT molecular complexity index is 1920. The van der Waals surface area contributed by atoms with Crippen LogP contribution in [0.15, 0.2) is 122 Å². The number of aromatic nitrogens is 4. The summed E-state index contributed by atoms with van der Waals surface area (Å²) in [6.07, 6.45) is 8.89. The van der Waals surface area contributed by atoms with Crippen molar-refractivity contribution in [2.24, 2.45) is 0 Å². The van der Waals surface area contributed by atoms with Crippen molar-refractivity contribution >= 4 is 51.7 Å². The van der Waals surface area contributed by atoms with Gasteiger partial charge in [-0.25, -0.2) is 19.9 Å². The number of para-hydroxylation sites is 5. The summed E-state index contributed by atoms with van der Waals surface area (Å²) >= 11 is 0. The second-order valence-corrected chi connectivity index (χ2v) is 11.8. The van der Waals surface area contributed by atoms with E-state index in [4.69, 9.17) is 0 Å². The van der Waals surface area contributed by atoms with Crippen LogP contribution in [0.25, 0.3) is 0 Å². The first kappa shape index (κ1) is 34.0. The Hall–Kier alpha value is -5.51. The van der Waals surface area contributed by atoms with E-state index < -0.39 is 0 Å². The fraction of sp³-hybridized carbons (Fsp3) is 0.125. The smallest absolute Gasteiger partial charge is 0.143 e. The maximum atomic E-state index is 4.58. The summed E-state index contributed by atoms with van der Waals surface area (Å²) in [5.41, 5.74) is 5.39. The first-order valence-corrected chi connectivity index (χ1v) is 16.5. The zero-order chi connectivity index (χ0) is 33.7. The molecule has 11 heteroatoms. The molecule has 0 amide bonds. The third-order valence-electron chi connectivity index (χ3n) is 8.55. The van der Waals surface area contributed by atoms with Gasteiger partial charge >= 0.3 is 0 Å². The molecular formula is C40H34IrN10-6. The minimum absolute atomic E-state index is 0. The van der Waals surface area contributed by atoms with Crippen LogP contribution in [0.1, 0.15) is 12.8 Å². The number of anilines is 9. The van der Waals surface area contributed by atoms with Crippen molar-refractivity contribution in [2.75, 3.05) is 49.5 Å². The quantitative estimate of drug-likeness (QED) is 0.113. The van der Waals surface area contributed by atoms with Gasteiger partial charge in [0.05, 0.1) is 0 Å². The molecule has 3 aliphatic heterocycles. The van der Waals surface area contributed by atoms with E-state index in [9.17, 15) is 0 Å². The maximum absolute atomic E-state index is 4.58. The molecule has 4 aromatic carbocycles. The third-order valence-corrected chi connectivity index (χ3v) is 8.55. The van der Waals surface area contributed by atoms with E-state index in [-0.39, 0.29) is 20.1 Å². The van der Waals surface area contributed by atoms with Crippen molar-refractivity contribution in [1.82, 2.24) is 19.9 Å². The Morgan fingerprint density at radius 1 is 0.490 bits per heavy atom. The number of unbranched alkanes of at least 4 members (excludes halogenated alkanes) is 1. The molecular weight excluding hydrogens is 813 g/mol. The van der Waals surface area contributed by atoms with Crippen LogP contribution >= 0.6 is 0 Å². The number of nitrogens with zero attached hydrogens (tertiary/aromatic N) is 10. The average molecular weight is 847 g/mol. The number of hydrogen-bond acceptors (Lipinski definition) is 10. The van der Waals surface area contributed by atoms with Gasteiger partial charge in [0, 0.05) is 56.3 Å². The molecule has 2 aromatic heterocycles. The second kappa shape index (κ2) is 15.6. The fourth-order valence-corrected chi connectivity index (χ4v) is 6.19. The summed E-state index contributed by atoms with van der Waals surface area (Å²) in [7, 11) is 2.06. The van der Waals surface area contributed by atoms with E-state index in [0.717, 1.165) is 66.3 Å². The SMILES string of the molecule is CN1[CH-]N(c2[c-]cccc2)c2ccccc21.[Ir].[c-]1ccccc1N1[CH-]N(CCCCN2[CH-]N(c3[c-]cccc3)c3nccnc32)c2nccnc21. The van der Waals surface area contributed by atoms with Gasteiger partial charge in [0.25, 0.3) is 0 Å². The molecule has 0 bridgehead atoms. The van der Waals surface area contributed by atoms with Crippen molar-refractivity contribution in [2.45, 2.75) is 12.8 Å². The van der Waals surface area contributed by atoms with Gasteiger partial charge in [-0.15, -0.1) is 30.4 Å².